The van der Waals surface area contributed by atoms with Gasteiger partial charge in [-0.2, -0.15) is 0 Å². The van der Waals surface area contributed by atoms with Crippen molar-refractivity contribution < 1.29 is 14.7 Å². The standard InChI is InChI=1S/C27H28N6O2.C20H19N3O3.C7H11N3/c1-19-22(12-13-24(28)32-19)16-30-25(34)18-33-26(21-10-6-3-7-11-21)31-17-23(27(33)35)29-15-14-20-8-4-2-5-9-20;24-18(25)14-23-19(16-9-5-2-6-10-16)22-13-17(20(23)26)21-12-11-15-7-3-1-4-8-15;1-5-6(4-8)2-3-7(9)10-5/h2-13,17,29H,14-16,18H2,1H3,(H2,28,32)(H,30,34);1-10,13,21H,11-12,14H2,(H,24,25);2-3H,4,8H2,1H3,(H2,9,10). The molecule has 8 aromatic rings. The van der Waals surface area contributed by atoms with Crippen LogP contribution in [-0.4, -0.2) is 59.1 Å². The van der Waals surface area contributed by atoms with E-state index in [9.17, 15) is 24.3 Å². The second-order valence-electron chi connectivity index (χ2n) is 16.2. The molecule has 0 unspecified atom stereocenters. The Morgan fingerprint density at radius 2 is 0.972 bits per heavy atom. The van der Waals surface area contributed by atoms with Crippen LogP contribution >= 0.6 is 0 Å². The van der Waals surface area contributed by atoms with Gasteiger partial charge in [0.25, 0.3) is 11.1 Å². The van der Waals surface area contributed by atoms with Crippen LogP contribution in [0.3, 0.4) is 0 Å². The smallest absolute Gasteiger partial charge is 0.323 e. The molecule has 0 radical (unpaired) electrons. The molecule has 0 aliphatic rings. The van der Waals surface area contributed by atoms with Crippen LogP contribution in [0.4, 0.5) is 23.0 Å². The Labute approximate surface area is 411 Å². The fraction of sp³-hybridized carbons (Fsp3) is 0.185. The molecule has 4 heterocycles. The lowest BCUT2D eigenvalue weighted by Gasteiger charge is -2.15. The van der Waals surface area contributed by atoms with Crippen molar-refractivity contribution in [3.63, 3.8) is 0 Å². The third-order valence-electron chi connectivity index (χ3n) is 11.0. The first-order valence-corrected chi connectivity index (χ1v) is 22.9. The van der Waals surface area contributed by atoms with Crippen LogP contribution in [-0.2, 0) is 48.6 Å². The fourth-order valence-electron chi connectivity index (χ4n) is 7.28. The number of rotatable bonds is 17. The van der Waals surface area contributed by atoms with Crippen molar-refractivity contribution in [2.75, 3.05) is 35.2 Å². The number of pyridine rings is 2. The van der Waals surface area contributed by atoms with E-state index in [1.807, 2.05) is 135 Å². The van der Waals surface area contributed by atoms with Gasteiger partial charge in [0, 0.05) is 48.7 Å². The molecule has 4 aromatic heterocycles. The van der Waals surface area contributed by atoms with Crippen molar-refractivity contribution in [2.45, 2.75) is 52.9 Å². The van der Waals surface area contributed by atoms with E-state index in [4.69, 9.17) is 17.2 Å². The van der Waals surface area contributed by atoms with Gasteiger partial charge in [-0.3, -0.25) is 28.3 Å². The van der Waals surface area contributed by atoms with E-state index in [1.54, 1.807) is 24.3 Å². The molecule has 364 valence electrons. The van der Waals surface area contributed by atoms with Crippen molar-refractivity contribution in [1.29, 1.82) is 0 Å². The van der Waals surface area contributed by atoms with Gasteiger partial charge in [0.15, 0.2) is 0 Å². The van der Waals surface area contributed by atoms with Gasteiger partial charge >= 0.3 is 5.97 Å². The number of carbonyl (C=O) groups excluding carboxylic acids is 1. The van der Waals surface area contributed by atoms with Crippen LogP contribution in [0.15, 0.2) is 168 Å². The number of carboxylic acids is 1. The SMILES string of the molecule is Cc1nc(N)ccc1CN.Cc1nc(N)ccc1CNC(=O)Cn1c(-c2ccccc2)ncc(NCCc2ccccc2)c1=O.O=C(O)Cn1c(-c2ccccc2)ncc(NCCc2ccccc2)c1=O. The summed E-state index contributed by atoms with van der Waals surface area (Å²) in [5, 5.41) is 18.3. The average Bonchev–Trinajstić information content (AvgIpc) is 3.37. The van der Waals surface area contributed by atoms with Crippen LogP contribution < -0.4 is 44.3 Å². The van der Waals surface area contributed by atoms with Crippen LogP contribution in [0.5, 0.6) is 0 Å². The van der Waals surface area contributed by atoms with E-state index in [-0.39, 0.29) is 24.6 Å². The highest BCUT2D eigenvalue weighted by molar-refractivity contribution is 5.76. The molecule has 17 nitrogen and oxygen atoms in total. The highest BCUT2D eigenvalue weighted by Gasteiger charge is 2.17. The Bertz CT molecular complexity index is 3120. The predicted octanol–water partition coefficient (Wildman–Crippen LogP) is 6.25. The van der Waals surface area contributed by atoms with Gasteiger partial charge in [0.1, 0.15) is 47.7 Å². The summed E-state index contributed by atoms with van der Waals surface area (Å²) < 4.78 is 2.59. The molecule has 0 saturated carbocycles. The van der Waals surface area contributed by atoms with Gasteiger partial charge < -0.3 is 38.3 Å². The number of hydrogen-bond donors (Lipinski definition) is 7. The minimum atomic E-state index is -1.09. The zero-order valence-corrected chi connectivity index (χ0v) is 39.7. The minimum Gasteiger partial charge on any atom is -0.480 e. The molecule has 1 amide bonds. The molecule has 71 heavy (non-hydrogen) atoms. The Morgan fingerprint density at radius 1 is 0.563 bits per heavy atom. The number of nitrogens with one attached hydrogen (secondary N) is 3. The number of nitrogens with zero attached hydrogens (tertiary/aromatic N) is 6. The quantitative estimate of drug-likeness (QED) is 0.0533. The topological polar surface area (TPSA) is 264 Å². The third kappa shape index (κ3) is 15.3. The summed E-state index contributed by atoms with van der Waals surface area (Å²) in [4.78, 5) is 67.3. The number of aryl methyl sites for hydroxylation is 2. The van der Waals surface area contributed by atoms with E-state index >= 15 is 0 Å². The molecule has 17 heteroatoms. The summed E-state index contributed by atoms with van der Waals surface area (Å²) in [5.41, 5.74) is 23.9. The van der Waals surface area contributed by atoms with Gasteiger partial charge in [-0.05, 0) is 61.1 Å². The summed E-state index contributed by atoms with van der Waals surface area (Å²) in [6.07, 6.45) is 4.51. The Hall–Kier alpha value is -8.96. The first-order valence-electron chi connectivity index (χ1n) is 22.9. The summed E-state index contributed by atoms with van der Waals surface area (Å²) in [7, 11) is 0. The predicted molar refractivity (Wildman–Crippen MR) is 279 cm³/mol. The number of nitrogens with two attached hydrogens (primary N) is 3. The molecular weight excluding hydrogens is 897 g/mol. The van der Waals surface area contributed by atoms with Gasteiger partial charge in [-0.25, -0.2) is 19.9 Å². The average molecular weight is 955 g/mol. The van der Waals surface area contributed by atoms with E-state index in [0.29, 0.717) is 59.9 Å². The fourth-order valence-corrected chi connectivity index (χ4v) is 7.28. The second kappa shape index (κ2) is 26.0. The molecule has 0 spiro atoms. The second-order valence-corrected chi connectivity index (χ2v) is 16.2. The molecular formula is C54H58N12O5. The lowest BCUT2D eigenvalue weighted by Crippen LogP contribution is -2.34. The monoisotopic (exact) mass is 954 g/mol. The lowest BCUT2D eigenvalue weighted by atomic mass is 10.1. The lowest BCUT2D eigenvalue weighted by molar-refractivity contribution is -0.137. The summed E-state index contributed by atoms with van der Waals surface area (Å²) in [6, 6.07) is 45.5. The van der Waals surface area contributed by atoms with Gasteiger partial charge in [0.05, 0.1) is 12.4 Å². The van der Waals surface area contributed by atoms with Crippen molar-refractivity contribution in [3.05, 3.63) is 212 Å². The molecule has 10 N–H and O–H groups in total. The number of aliphatic carboxylic acids is 1. The molecule has 0 bridgehead atoms. The first kappa shape index (κ1) is 51.4. The molecule has 8 rings (SSSR count). The van der Waals surface area contributed by atoms with Crippen LogP contribution in [0, 0.1) is 13.8 Å². The minimum absolute atomic E-state index is 0.161. The van der Waals surface area contributed by atoms with Crippen molar-refractivity contribution in [1.82, 2.24) is 34.4 Å². The first-order chi connectivity index (χ1) is 34.4. The van der Waals surface area contributed by atoms with Crippen LogP contribution in [0.2, 0.25) is 0 Å². The van der Waals surface area contributed by atoms with Crippen LogP contribution in [0.25, 0.3) is 22.8 Å². The number of benzene rings is 4. The number of hydrogen-bond acceptors (Lipinski definition) is 13. The number of amides is 1. The van der Waals surface area contributed by atoms with Crippen LogP contribution in [0.1, 0.15) is 33.6 Å². The Balaban J connectivity index is 0.000000200. The number of carboxylic acid groups (broad SMARTS) is 1. The van der Waals surface area contributed by atoms with Gasteiger partial charge in [0.2, 0.25) is 5.91 Å². The molecule has 0 saturated heterocycles. The molecule has 0 atom stereocenters. The van der Waals surface area contributed by atoms with Gasteiger partial charge in [-0.15, -0.1) is 0 Å². The summed E-state index contributed by atoms with van der Waals surface area (Å²) >= 11 is 0. The number of carbonyl (C=O) groups is 2. The number of aromatic nitrogens is 6. The normalized spacial score (nSPS) is 10.5. The Morgan fingerprint density at radius 3 is 1.38 bits per heavy atom. The maximum atomic E-state index is 13.4. The van der Waals surface area contributed by atoms with Crippen molar-refractivity contribution in [2.24, 2.45) is 5.73 Å². The van der Waals surface area contributed by atoms with Crippen molar-refractivity contribution >= 4 is 34.9 Å². The van der Waals surface area contributed by atoms with E-state index in [0.717, 1.165) is 46.5 Å². The van der Waals surface area contributed by atoms with E-state index in [2.05, 4.69) is 35.9 Å². The van der Waals surface area contributed by atoms with Gasteiger partial charge in [-0.1, -0.05) is 133 Å². The molecule has 0 fully saturated rings. The highest BCUT2D eigenvalue weighted by Crippen LogP contribution is 2.18. The van der Waals surface area contributed by atoms with E-state index in [1.165, 1.54) is 27.1 Å². The molecule has 0 aliphatic heterocycles. The molecule has 4 aromatic carbocycles. The zero-order valence-electron chi connectivity index (χ0n) is 39.7. The zero-order chi connectivity index (χ0) is 50.5. The largest absolute Gasteiger partial charge is 0.480 e. The Kier molecular flexibility index (Phi) is 18.8. The maximum Gasteiger partial charge on any atom is 0.323 e. The molecule has 0 aliphatic carbocycles. The number of anilines is 4. The van der Waals surface area contributed by atoms with Crippen molar-refractivity contribution in [3.8, 4) is 22.8 Å². The van der Waals surface area contributed by atoms with E-state index < -0.39 is 18.1 Å². The summed E-state index contributed by atoms with van der Waals surface area (Å²) in [6.45, 7) is 5.08. The maximum absolute atomic E-state index is 13.4. The highest BCUT2D eigenvalue weighted by atomic mass is 16.4. The third-order valence-corrected chi connectivity index (χ3v) is 11.0. The number of nitrogen functional groups attached to an aromatic ring is 2. The summed E-state index contributed by atoms with van der Waals surface area (Å²) in [5.74, 6) is 0.363.